The summed E-state index contributed by atoms with van der Waals surface area (Å²) >= 11 is 3.38. The normalized spacial score (nSPS) is 12.0. The Hall–Kier alpha value is -0.350. The van der Waals surface area contributed by atoms with Crippen molar-refractivity contribution < 1.29 is 4.74 Å². The zero-order valence-electron chi connectivity index (χ0n) is 15.3. The number of hydrogen-bond donors (Lipinski definition) is 0. The minimum Gasteiger partial charge on any atom is -0.361 e. The maximum atomic E-state index is 5.65. The van der Waals surface area contributed by atoms with Gasteiger partial charge >= 0.3 is 0 Å². The molecule has 0 saturated heterocycles. The van der Waals surface area contributed by atoms with Crippen molar-refractivity contribution in [1.29, 1.82) is 0 Å². The first-order valence-corrected chi connectivity index (χ1v) is 10.0. The lowest BCUT2D eigenvalue weighted by Gasteiger charge is -2.17. The molecule has 1 heterocycles. The Morgan fingerprint density at radius 2 is 1.52 bits per heavy atom. The molecule has 1 aromatic heterocycles. The third kappa shape index (κ3) is 11.8. The zero-order valence-corrected chi connectivity index (χ0v) is 16.9. The minimum atomic E-state index is 0.510. The van der Waals surface area contributed by atoms with Crippen LogP contribution in [0.2, 0.25) is 0 Å². The van der Waals surface area contributed by atoms with Gasteiger partial charge in [-0.3, -0.25) is 0 Å². The third-order valence-electron chi connectivity index (χ3n) is 4.11. The summed E-state index contributed by atoms with van der Waals surface area (Å²) in [6, 6.07) is 0. The number of unbranched alkanes of at least 4 members (excludes halogenated alkanes) is 8. The van der Waals surface area contributed by atoms with Crippen molar-refractivity contribution in [2.24, 2.45) is 5.41 Å². The highest BCUT2D eigenvalue weighted by atomic mass is 79.9. The van der Waals surface area contributed by atoms with Crippen molar-refractivity contribution in [1.82, 2.24) is 9.55 Å². The fraction of sp³-hybridized carbons (Fsp3) is 0.842. The summed E-state index contributed by atoms with van der Waals surface area (Å²) < 4.78 is 8.44. The zero-order chi connectivity index (χ0) is 17.0. The van der Waals surface area contributed by atoms with Crippen LogP contribution in [0, 0.1) is 5.41 Å². The minimum absolute atomic E-state index is 0.510. The monoisotopic (exact) mass is 386 g/mol. The molecule has 0 aliphatic carbocycles. The molecule has 0 aromatic carbocycles. The number of ether oxygens (including phenoxy) is 1. The molecular formula is C19H35BrN2O. The first-order valence-electron chi connectivity index (χ1n) is 9.23. The van der Waals surface area contributed by atoms with E-state index in [2.05, 4.69) is 41.7 Å². The Morgan fingerprint density at radius 3 is 2.04 bits per heavy atom. The Bertz CT molecular complexity index is 398. The first kappa shape index (κ1) is 20.7. The van der Waals surface area contributed by atoms with E-state index in [0.29, 0.717) is 12.1 Å². The fourth-order valence-electron chi connectivity index (χ4n) is 2.67. The van der Waals surface area contributed by atoms with Crippen molar-refractivity contribution in [3.63, 3.8) is 0 Å². The Morgan fingerprint density at radius 1 is 0.957 bits per heavy atom. The van der Waals surface area contributed by atoms with E-state index in [-0.39, 0.29) is 0 Å². The lowest BCUT2D eigenvalue weighted by atomic mass is 9.89. The average Bonchev–Trinajstić information content (AvgIpc) is 2.88. The number of nitrogens with zero attached hydrogens (tertiary/aromatic N) is 2. The molecule has 134 valence electrons. The van der Waals surface area contributed by atoms with Gasteiger partial charge in [-0.1, -0.05) is 72.1 Å². The first-order chi connectivity index (χ1) is 11.0. The maximum Gasteiger partial charge on any atom is 0.178 e. The molecule has 3 nitrogen and oxygen atoms in total. The van der Waals surface area contributed by atoms with Crippen molar-refractivity contribution in [2.45, 2.75) is 91.7 Å². The largest absolute Gasteiger partial charge is 0.361 e. The SMILES string of the molecule is CC(C)(C)CCCCCCCCCCCOCn1ccnc1Br. The predicted molar refractivity (Wildman–Crippen MR) is 102 cm³/mol. The van der Waals surface area contributed by atoms with E-state index in [1.165, 1.54) is 57.8 Å². The van der Waals surface area contributed by atoms with Gasteiger partial charge in [-0.15, -0.1) is 0 Å². The number of imidazole rings is 1. The van der Waals surface area contributed by atoms with Crippen LogP contribution >= 0.6 is 15.9 Å². The average molecular weight is 387 g/mol. The number of aromatic nitrogens is 2. The van der Waals surface area contributed by atoms with Gasteiger partial charge in [0.1, 0.15) is 6.73 Å². The summed E-state index contributed by atoms with van der Waals surface area (Å²) in [5.41, 5.74) is 0.510. The Kier molecular flexibility index (Phi) is 10.9. The van der Waals surface area contributed by atoms with Crippen LogP contribution in [0.15, 0.2) is 17.1 Å². The molecule has 0 radical (unpaired) electrons. The van der Waals surface area contributed by atoms with Gasteiger partial charge in [-0.2, -0.15) is 0 Å². The van der Waals surface area contributed by atoms with Crippen LogP contribution in [0.25, 0.3) is 0 Å². The van der Waals surface area contributed by atoms with E-state index in [1.54, 1.807) is 6.20 Å². The summed E-state index contributed by atoms with van der Waals surface area (Å²) in [7, 11) is 0. The molecule has 0 aliphatic rings. The summed E-state index contributed by atoms with van der Waals surface area (Å²) in [5.74, 6) is 0. The third-order valence-corrected chi connectivity index (χ3v) is 4.77. The highest BCUT2D eigenvalue weighted by Gasteiger charge is 2.08. The summed E-state index contributed by atoms with van der Waals surface area (Å²) in [6.07, 6.45) is 17.3. The van der Waals surface area contributed by atoms with Crippen LogP contribution in [-0.2, 0) is 11.5 Å². The van der Waals surface area contributed by atoms with Crippen LogP contribution in [0.4, 0.5) is 0 Å². The van der Waals surface area contributed by atoms with Gasteiger partial charge in [0.05, 0.1) is 0 Å². The molecule has 0 amide bonds. The van der Waals surface area contributed by atoms with Gasteiger partial charge < -0.3 is 9.30 Å². The van der Waals surface area contributed by atoms with E-state index in [0.717, 1.165) is 17.8 Å². The molecular weight excluding hydrogens is 352 g/mol. The van der Waals surface area contributed by atoms with E-state index < -0.39 is 0 Å². The second-order valence-corrected chi connectivity index (χ2v) is 8.41. The molecule has 4 heteroatoms. The molecule has 0 bridgehead atoms. The van der Waals surface area contributed by atoms with E-state index >= 15 is 0 Å². The van der Waals surface area contributed by atoms with Crippen LogP contribution in [0.5, 0.6) is 0 Å². The lowest BCUT2D eigenvalue weighted by Crippen LogP contribution is -2.03. The second-order valence-electron chi connectivity index (χ2n) is 7.70. The highest BCUT2D eigenvalue weighted by molar-refractivity contribution is 9.10. The van der Waals surface area contributed by atoms with E-state index in [9.17, 15) is 0 Å². The molecule has 0 fully saturated rings. The number of halogens is 1. The number of rotatable bonds is 13. The van der Waals surface area contributed by atoms with Crippen molar-refractivity contribution in [3.05, 3.63) is 17.1 Å². The maximum absolute atomic E-state index is 5.65. The van der Waals surface area contributed by atoms with Gasteiger partial charge in [-0.25, -0.2) is 4.98 Å². The topological polar surface area (TPSA) is 27.1 Å². The molecule has 1 rings (SSSR count). The Labute approximate surface area is 151 Å². The van der Waals surface area contributed by atoms with Crippen LogP contribution in [-0.4, -0.2) is 16.2 Å². The van der Waals surface area contributed by atoms with Crippen LogP contribution < -0.4 is 0 Å². The van der Waals surface area contributed by atoms with E-state index in [1.807, 2.05) is 10.8 Å². The van der Waals surface area contributed by atoms with E-state index in [4.69, 9.17) is 4.74 Å². The smallest absolute Gasteiger partial charge is 0.178 e. The molecule has 0 unspecified atom stereocenters. The molecule has 1 aromatic rings. The predicted octanol–water partition coefficient (Wildman–Crippen LogP) is 6.57. The van der Waals surface area contributed by atoms with Crippen molar-refractivity contribution in [2.75, 3.05) is 6.61 Å². The summed E-state index contributed by atoms with van der Waals surface area (Å²) in [4.78, 5) is 4.10. The van der Waals surface area contributed by atoms with Gasteiger partial charge in [0, 0.05) is 19.0 Å². The second kappa shape index (κ2) is 12.1. The highest BCUT2D eigenvalue weighted by Crippen LogP contribution is 2.22. The van der Waals surface area contributed by atoms with Gasteiger partial charge in [0.25, 0.3) is 0 Å². The standard InChI is InChI=1S/C19H35BrN2O/c1-19(2,3)13-11-9-7-5-4-6-8-10-12-16-23-17-22-15-14-21-18(22)20/h14-15H,4-13,16-17H2,1-3H3. The van der Waals surface area contributed by atoms with Crippen molar-refractivity contribution >= 4 is 15.9 Å². The Balaban J connectivity index is 1.77. The van der Waals surface area contributed by atoms with Gasteiger partial charge in [-0.05, 0) is 34.2 Å². The fourth-order valence-corrected chi connectivity index (χ4v) is 3.01. The van der Waals surface area contributed by atoms with Gasteiger partial charge in [0.2, 0.25) is 0 Å². The molecule has 0 N–H and O–H groups in total. The molecule has 0 atom stereocenters. The summed E-state index contributed by atoms with van der Waals surface area (Å²) in [5, 5.41) is 0. The molecule has 0 spiro atoms. The molecule has 23 heavy (non-hydrogen) atoms. The van der Waals surface area contributed by atoms with Crippen LogP contribution in [0.1, 0.15) is 85.0 Å². The van der Waals surface area contributed by atoms with Gasteiger partial charge in [0.15, 0.2) is 4.73 Å². The lowest BCUT2D eigenvalue weighted by molar-refractivity contribution is 0.0724. The van der Waals surface area contributed by atoms with Crippen LogP contribution in [0.3, 0.4) is 0 Å². The molecule has 0 saturated carbocycles. The summed E-state index contributed by atoms with van der Waals surface area (Å²) in [6.45, 7) is 8.45. The number of hydrogen-bond acceptors (Lipinski definition) is 2. The molecule has 0 aliphatic heterocycles. The quantitative estimate of drug-likeness (QED) is 0.358. The van der Waals surface area contributed by atoms with Crippen molar-refractivity contribution in [3.8, 4) is 0 Å².